The fourth-order valence-corrected chi connectivity index (χ4v) is 3.54. The highest BCUT2D eigenvalue weighted by atomic mass is 19.1. The van der Waals surface area contributed by atoms with Gasteiger partial charge in [-0.1, -0.05) is 31.7 Å². The molecule has 0 aromatic heterocycles. The van der Waals surface area contributed by atoms with Crippen molar-refractivity contribution in [2.75, 3.05) is 14.1 Å². The van der Waals surface area contributed by atoms with Crippen LogP contribution in [-0.2, 0) is 0 Å². The molecule has 0 amide bonds. The first-order valence-corrected chi connectivity index (χ1v) is 7.59. The quantitative estimate of drug-likeness (QED) is 0.850. The molecule has 20 heavy (non-hydrogen) atoms. The van der Waals surface area contributed by atoms with Gasteiger partial charge in [-0.25, -0.2) is 4.39 Å². The molecule has 1 aliphatic carbocycles. The van der Waals surface area contributed by atoms with Crippen LogP contribution in [-0.4, -0.2) is 29.6 Å². The lowest BCUT2D eigenvalue weighted by molar-refractivity contribution is -0.0202. The van der Waals surface area contributed by atoms with Gasteiger partial charge in [0.25, 0.3) is 0 Å². The van der Waals surface area contributed by atoms with E-state index in [-0.39, 0.29) is 11.4 Å². The summed E-state index contributed by atoms with van der Waals surface area (Å²) in [6.45, 7) is 1.88. The van der Waals surface area contributed by atoms with Crippen LogP contribution in [0.4, 0.5) is 4.39 Å². The fraction of sp³-hybridized carbons (Fsp3) is 0.647. The van der Waals surface area contributed by atoms with E-state index >= 15 is 0 Å². The largest absolute Gasteiger partial charge is 0.386 e. The predicted octanol–water partition coefficient (Wildman–Crippen LogP) is 3.82. The molecule has 1 atom stereocenters. The zero-order valence-corrected chi connectivity index (χ0v) is 12.8. The van der Waals surface area contributed by atoms with Crippen LogP contribution in [0.2, 0.25) is 0 Å². The zero-order chi connectivity index (χ0) is 14.8. The Kier molecular flexibility index (Phi) is 4.82. The molecule has 0 aliphatic heterocycles. The van der Waals surface area contributed by atoms with Gasteiger partial charge in [-0.05, 0) is 57.1 Å². The topological polar surface area (TPSA) is 23.5 Å². The lowest BCUT2D eigenvalue weighted by atomic mass is 9.79. The van der Waals surface area contributed by atoms with Crippen LogP contribution in [0.25, 0.3) is 0 Å². The predicted molar refractivity (Wildman–Crippen MR) is 80.2 cm³/mol. The van der Waals surface area contributed by atoms with E-state index in [2.05, 4.69) is 4.90 Å². The van der Waals surface area contributed by atoms with Crippen LogP contribution in [0, 0.1) is 12.7 Å². The Morgan fingerprint density at radius 2 is 1.75 bits per heavy atom. The van der Waals surface area contributed by atoms with Crippen LogP contribution in [0.5, 0.6) is 0 Å². The molecule has 0 spiro atoms. The molecule has 1 aromatic rings. The van der Waals surface area contributed by atoms with Crippen molar-refractivity contribution in [2.24, 2.45) is 0 Å². The van der Waals surface area contributed by atoms with E-state index in [0.29, 0.717) is 0 Å². The summed E-state index contributed by atoms with van der Waals surface area (Å²) >= 11 is 0. The summed E-state index contributed by atoms with van der Waals surface area (Å²) < 4.78 is 13.3. The SMILES string of the molecule is Cc1cc(F)ccc1C(O)C1(N(C)C)CCCCCC1. The molecule has 112 valence electrons. The van der Waals surface area contributed by atoms with E-state index in [9.17, 15) is 9.50 Å². The lowest BCUT2D eigenvalue weighted by Gasteiger charge is -2.44. The summed E-state index contributed by atoms with van der Waals surface area (Å²) in [6, 6.07) is 4.70. The van der Waals surface area contributed by atoms with Gasteiger partial charge in [-0.2, -0.15) is 0 Å². The molecule has 1 N–H and O–H groups in total. The van der Waals surface area contributed by atoms with Crippen molar-refractivity contribution < 1.29 is 9.50 Å². The average molecular weight is 279 g/mol. The highest BCUT2D eigenvalue weighted by Crippen LogP contribution is 2.41. The Balaban J connectivity index is 2.37. The normalized spacial score (nSPS) is 20.7. The van der Waals surface area contributed by atoms with Crippen LogP contribution < -0.4 is 0 Å². The van der Waals surface area contributed by atoms with Gasteiger partial charge in [0.15, 0.2) is 0 Å². The number of halogens is 1. The first-order valence-electron chi connectivity index (χ1n) is 7.59. The van der Waals surface area contributed by atoms with E-state index in [1.165, 1.54) is 25.0 Å². The maximum absolute atomic E-state index is 13.3. The Morgan fingerprint density at radius 3 is 2.25 bits per heavy atom. The van der Waals surface area contributed by atoms with E-state index in [1.807, 2.05) is 21.0 Å². The number of benzene rings is 1. The maximum Gasteiger partial charge on any atom is 0.123 e. The standard InChI is InChI=1S/C17H26FNO/c1-13-12-14(18)8-9-15(13)16(20)17(19(2)3)10-6-4-5-7-11-17/h8-9,12,16,20H,4-7,10-11H2,1-3H3. The van der Waals surface area contributed by atoms with Gasteiger partial charge >= 0.3 is 0 Å². The van der Waals surface area contributed by atoms with Gasteiger partial charge in [-0.15, -0.1) is 0 Å². The van der Waals surface area contributed by atoms with Gasteiger partial charge < -0.3 is 10.0 Å². The minimum atomic E-state index is -0.559. The Morgan fingerprint density at radius 1 is 1.15 bits per heavy atom. The molecule has 0 bridgehead atoms. The molecule has 3 heteroatoms. The van der Waals surface area contributed by atoms with Crippen LogP contribution >= 0.6 is 0 Å². The number of likely N-dealkylation sites (N-methyl/N-ethyl adjacent to an activating group) is 1. The molecular weight excluding hydrogens is 253 g/mol. The van der Waals surface area contributed by atoms with Crippen molar-refractivity contribution in [3.8, 4) is 0 Å². The molecule has 0 heterocycles. The highest BCUT2D eigenvalue weighted by Gasteiger charge is 2.41. The fourth-order valence-electron chi connectivity index (χ4n) is 3.54. The van der Waals surface area contributed by atoms with Crippen molar-refractivity contribution >= 4 is 0 Å². The van der Waals surface area contributed by atoms with E-state index in [1.54, 1.807) is 6.07 Å². The van der Waals surface area contributed by atoms with Crippen molar-refractivity contribution in [3.63, 3.8) is 0 Å². The second kappa shape index (κ2) is 6.23. The number of aliphatic hydroxyl groups is 1. The number of aliphatic hydroxyl groups excluding tert-OH is 1. The Hall–Kier alpha value is -0.930. The molecule has 2 nitrogen and oxygen atoms in total. The third-order valence-electron chi connectivity index (χ3n) is 4.90. The first kappa shape index (κ1) is 15.5. The first-order chi connectivity index (χ1) is 9.47. The number of hydrogen-bond donors (Lipinski definition) is 1. The number of hydrogen-bond acceptors (Lipinski definition) is 2. The molecule has 1 aliphatic rings. The second-order valence-electron chi connectivity index (χ2n) is 6.32. The molecule has 1 aromatic carbocycles. The summed E-state index contributed by atoms with van der Waals surface area (Å²) in [5, 5.41) is 11.0. The maximum atomic E-state index is 13.3. The van der Waals surface area contributed by atoms with Gasteiger partial charge in [0.1, 0.15) is 5.82 Å². The Labute approximate surface area is 121 Å². The average Bonchev–Trinajstić information content (AvgIpc) is 2.64. The third kappa shape index (κ3) is 2.89. The monoisotopic (exact) mass is 279 g/mol. The summed E-state index contributed by atoms with van der Waals surface area (Å²) in [6.07, 6.45) is 6.22. The van der Waals surface area contributed by atoms with Crippen LogP contribution in [0.3, 0.4) is 0 Å². The molecule has 1 saturated carbocycles. The van der Waals surface area contributed by atoms with Gasteiger partial charge in [0.05, 0.1) is 11.6 Å². The van der Waals surface area contributed by atoms with E-state index < -0.39 is 6.10 Å². The molecule has 0 radical (unpaired) electrons. The molecule has 1 unspecified atom stereocenters. The molecule has 2 rings (SSSR count). The molecular formula is C17H26FNO. The number of nitrogens with zero attached hydrogens (tertiary/aromatic N) is 1. The van der Waals surface area contributed by atoms with Crippen molar-refractivity contribution in [3.05, 3.63) is 35.1 Å². The van der Waals surface area contributed by atoms with Crippen LogP contribution in [0.1, 0.15) is 55.8 Å². The summed E-state index contributed by atoms with van der Waals surface area (Å²) in [5.41, 5.74) is 1.48. The molecule has 1 fully saturated rings. The summed E-state index contributed by atoms with van der Waals surface area (Å²) in [7, 11) is 4.10. The number of rotatable bonds is 3. The smallest absolute Gasteiger partial charge is 0.123 e. The molecule has 0 saturated heterocycles. The summed E-state index contributed by atoms with van der Waals surface area (Å²) in [4.78, 5) is 2.17. The van der Waals surface area contributed by atoms with Gasteiger partial charge in [0, 0.05) is 0 Å². The van der Waals surface area contributed by atoms with Gasteiger partial charge in [-0.3, -0.25) is 0 Å². The van der Waals surface area contributed by atoms with E-state index in [4.69, 9.17) is 0 Å². The highest BCUT2D eigenvalue weighted by molar-refractivity contribution is 5.31. The Bertz CT molecular complexity index is 450. The minimum Gasteiger partial charge on any atom is -0.386 e. The van der Waals surface area contributed by atoms with Crippen molar-refractivity contribution in [1.29, 1.82) is 0 Å². The third-order valence-corrected chi connectivity index (χ3v) is 4.90. The van der Waals surface area contributed by atoms with Crippen molar-refractivity contribution in [1.82, 2.24) is 4.90 Å². The lowest BCUT2D eigenvalue weighted by Crippen LogP contribution is -2.49. The van der Waals surface area contributed by atoms with E-state index in [0.717, 1.165) is 36.8 Å². The van der Waals surface area contributed by atoms with Crippen molar-refractivity contribution in [2.45, 2.75) is 57.1 Å². The second-order valence-corrected chi connectivity index (χ2v) is 6.32. The number of aryl methyl sites for hydroxylation is 1. The summed E-state index contributed by atoms with van der Waals surface area (Å²) in [5.74, 6) is -0.238. The minimum absolute atomic E-state index is 0.223. The van der Waals surface area contributed by atoms with Gasteiger partial charge in [0.2, 0.25) is 0 Å². The van der Waals surface area contributed by atoms with Crippen LogP contribution in [0.15, 0.2) is 18.2 Å². The zero-order valence-electron chi connectivity index (χ0n) is 12.8.